The van der Waals surface area contributed by atoms with E-state index in [4.69, 9.17) is 4.74 Å². The number of anilines is 1. The van der Waals surface area contributed by atoms with E-state index in [-0.39, 0.29) is 30.7 Å². The van der Waals surface area contributed by atoms with Crippen molar-refractivity contribution in [3.8, 4) is 0 Å². The van der Waals surface area contributed by atoms with Crippen LogP contribution in [0.3, 0.4) is 0 Å². The second kappa shape index (κ2) is 10.7. The highest BCUT2D eigenvalue weighted by Crippen LogP contribution is 2.22. The summed E-state index contributed by atoms with van der Waals surface area (Å²) < 4.78 is 5.52. The van der Waals surface area contributed by atoms with Crippen molar-refractivity contribution in [3.63, 3.8) is 0 Å². The Bertz CT molecular complexity index is 454. The third kappa shape index (κ3) is 5.84. The lowest BCUT2D eigenvalue weighted by Crippen LogP contribution is -2.54. The molecule has 23 heavy (non-hydrogen) atoms. The number of ether oxygens (including phenoxy) is 1. The van der Waals surface area contributed by atoms with E-state index < -0.39 is 5.60 Å². The Morgan fingerprint density at radius 1 is 1.26 bits per heavy atom. The highest BCUT2D eigenvalue weighted by Gasteiger charge is 2.39. The van der Waals surface area contributed by atoms with E-state index in [1.165, 1.54) is 0 Å². The maximum atomic E-state index is 12.4. The minimum Gasteiger partial charge on any atom is -0.373 e. The number of methoxy groups -OCH3 is 1. The van der Waals surface area contributed by atoms with Crippen LogP contribution in [0.1, 0.15) is 12.8 Å². The van der Waals surface area contributed by atoms with Crippen molar-refractivity contribution in [2.45, 2.75) is 18.4 Å². The maximum Gasteiger partial charge on any atom is 0.252 e. The maximum absolute atomic E-state index is 12.4. The number of nitrogens with zero attached hydrogens (tertiary/aromatic N) is 1. The fourth-order valence-corrected chi connectivity index (χ4v) is 2.66. The topological polar surface area (TPSA) is 53.6 Å². The van der Waals surface area contributed by atoms with E-state index in [0.717, 1.165) is 38.2 Å². The molecule has 7 heteroatoms. The Labute approximate surface area is 151 Å². The van der Waals surface area contributed by atoms with Gasteiger partial charge in [-0.05, 0) is 38.1 Å². The zero-order valence-electron chi connectivity index (χ0n) is 13.7. The summed E-state index contributed by atoms with van der Waals surface area (Å²) in [5, 5.41) is 6.27. The molecule has 0 radical (unpaired) electrons. The highest BCUT2D eigenvalue weighted by atomic mass is 35.5. The number of halogens is 2. The molecule has 0 aromatic heterocycles. The quantitative estimate of drug-likeness (QED) is 0.809. The number of likely N-dealkylation sites (N-methyl/N-ethyl adjacent to an activating group) is 1. The van der Waals surface area contributed by atoms with Crippen molar-refractivity contribution in [2.24, 2.45) is 0 Å². The summed E-state index contributed by atoms with van der Waals surface area (Å²) in [6.07, 6.45) is 1.45. The van der Waals surface area contributed by atoms with Crippen LogP contribution in [0.25, 0.3) is 0 Å². The van der Waals surface area contributed by atoms with Crippen LogP contribution in [-0.2, 0) is 9.53 Å². The Morgan fingerprint density at radius 3 is 2.43 bits per heavy atom. The van der Waals surface area contributed by atoms with Gasteiger partial charge in [0.15, 0.2) is 0 Å². The molecule has 0 aliphatic carbocycles. The molecule has 0 unspecified atom stereocenters. The third-order valence-electron chi connectivity index (χ3n) is 4.15. The summed E-state index contributed by atoms with van der Waals surface area (Å²) in [4.78, 5) is 14.5. The number of para-hydroxylation sites is 1. The minimum absolute atomic E-state index is 0. The van der Waals surface area contributed by atoms with Gasteiger partial charge in [-0.25, -0.2) is 0 Å². The minimum atomic E-state index is -0.656. The molecule has 1 saturated heterocycles. The first-order valence-electron chi connectivity index (χ1n) is 7.48. The van der Waals surface area contributed by atoms with Crippen LogP contribution in [0.5, 0.6) is 0 Å². The number of amides is 1. The summed E-state index contributed by atoms with van der Waals surface area (Å²) in [7, 11) is 3.65. The van der Waals surface area contributed by atoms with Crippen LogP contribution in [0, 0.1) is 0 Å². The smallest absolute Gasteiger partial charge is 0.252 e. The lowest BCUT2D eigenvalue weighted by atomic mass is 9.91. The van der Waals surface area contributed by atoms with Gasteiger partial charge in [0.1, 0.15) is 5.60 Å². The first-order valence-corrected chi connectivity index (χ1v) is 7.48. The number of piperidine rings is 1. The highest BCUT2D eigenvalue weighted by molar-refractivity contribution is 5.86. The molecule has 5 nitrogen and oxygen atoms in total. The molecule has 132 valence electrons. The molecule has 0 atom stereocenters. The summed E-state index contributed by atoms with van der Waals surface area (Å²) in [5.74, 6) is 0.00737. The van der Waals surface area contributed by atoms with Gasteiger partial charge in [-0.15, -0.1) is 24.8 Å². The molecule has 1 amide bonds. The van der Waals surface area contributed by atoms with Gasteiger partial charge >= 0.3 is 0 Å². The van der Waals surface area contributed by atoms with Crippen LogP contribution in [0.15, 0.2) is 30.3 Å². The molecule has 1 aromatic carbocycles. The van der Waals surface area contributed by atoms with Crippen molar-refractivity contribution in [3.05, 3.63) is 30.3 Å². The van der Waals surface area contributed by atoms with Crippen LogP contribution in [0.4, 0.5) is 5.69 Å². The lowest BCUT2D eigenvalue weighted by molar-refractivity contribution is -0.146. The van der Waals surface area contributed by atoms with E-state index in [0.29, 0.717) is 6.54 Å². The largest absolute Gasteiger partial charge is 0.373 e. The molecule has 2 rings (SSSR count). The van der Waals surface area contributed by atoms with Gasteiger partial charge in [-0.3, -0.25) is 4.79 Å². The third-order valence-corrected chi connectivity index (χ3v) is 4.15. The van der Waals surface area contributed by atoms with E-state index in [9.17, 15) is 4.79 Å². The average Bonchev–Trinajstić information content (AvgIpc) is 2.56. The number of carbonyl (C=O) groups is 1. The predicted octanol–water partition coefficient (Wildman–Crippen LogP) is 1.85. The van der Waals surface area contributed by atoms with Gasteiger partial charge in [-0.1, -0.05) is 18.2 Å². The number of hydrogen-bond donors (Lipinski definition) is 2. The molecule has 0 saturated carbocycles. The fraction of sp³-hybridized carbons (Fsp3) is 0.562. The van der Waals surface area contributed by atoms with Crippen LogP contribution in [-0.4, -0.2) is 51.8 Å². The molecule has 1 aliphatic rings. The fourth-order valence-electron chi connectivity index (χ4n) is 2.66. The first kappa shape index (κ1) is 22.0. The van der Waals surface area contributed by atoms with Gasteiger partial charge in [0.2, 0.25) is 0 Å². The van der Waals surface area contributed by atoms with Gasteiger partial charge in [0, 0.05) is 32.9 Å². The van der Waals surface area contributed by atoms with Gasteiger partial charge in [0.25, 0.3) is 5.91 Å². The Balaban J connectivity index is 0.00000242. The first-order chi connectivity index (χ1) is 10.2. The second-order valence-corrected chi connectivity index (χ2v) is 5.46. The molecule has 1 fully saturated rings. The van der Waals surface area contributed by atoms with Gasteiger partial charge in [-0.2, -0.15) is 0 Å². The SMILES string of the molecule is COC1(C(=O)NCCN(C)c2ccccc2)CCNCC1.Cl.Cl. The summed E-state index contributed by atoms with van der Waals surface area (Å²) >= 11 is 0. The monoisotopic (exact) mass is 363 g/mol. The Kier molecular flexibility index (Phi) is 10.2. The summed E-state index contributed by atoms with van der Waals surface area (Å²) in [5.41, 5.74) is 0.492. The standard InChI is InChI=1S/C16H25N3O2.2ClH/c1-19(14-6-4-3-5-7-14)13-12-18-15(20)16(21-2)8-10-17-11-9-16;;/h3-7,17H,8-13H2,1-2H3,(H,18,20);2*1H. The van der Waals surface area contributed by atoms with Crippen LogP contribution in [0.2, 0.25) is 0 Å². The summed E-state index contributed by atoms with van der Waals surface area (Å²) in [6.45, 7) is 3.03. The predicted molar refractivity (Wildman–Crippen MR) is 99.1 cm³/mol. The van der Waals surface area contributed by atoms with Crippen LogP contribution >= 0.6 is 24.8 Å². The molecule has 1 aromatic rings. The molecule has 0 bridgehead atoms. The number of hydrogen-bond acceptors (Lipinski definition) is 4. The molecular weight excluding hydrogens is 337 g/mol. The molecule has 1 heterocycles. The Hall–Kier alpha value is -1.01. The van der Waals surface area contributed by atoms with Crippen molar-refractivity contribution < 1.29 is 9.53 Å². The number of rotatable bonds is 6. The number of nitrogens with one attached hydrogen (secondary N) is 2. The van der Waals surface area contributed by atoms with Crippen molar-refractivity contribution in [1.29, 1.82) is 0 Å². The second-order valence-electron chi connectivity index (χ2n) is 5.46. The molecule has 1 aliphatic heterocycles. The van der Waals surface area contributed by atoms with E-state index in [2.05, 4.69) is 27.7 Å². The molecular formula is C16H27Cl2N3O2. The number of carbonyl (C=O) groups excluding carboxylic acids is 1. The van der Waals surface area contributed by atoms with E-state index in [1.807, 2.05) is 25.2 Å². The zero-order valence-corrected chi connectivity index (χ0v) is 15.3. The average molecular weight is 364 g/mol. The summed E-state index contributed by atoms with van der Waals surface area (Å²) in [6, 6.07) is 10.1. The zero-order chi connectivity index (χ0) is 15.1. The van der Waals surface area contributed by atoms with Crippen molar-refractivity contribution >= 4 is 36.4 Å². The Morgan fingerprint density at radius 2 is 1.87 bits per heavy atom. The van der Waals surface area contributed by atoms with Gasteiger partial charge in [0.05, 0.1) is 0 Å². The normalized spacial score (nSPS) is 15.7. The molecule has 0 spiro atoms. The van der Waals surface area contributed by atoms with E-state index >= 15 is 0 Å². The van der Waals surface area contributed by atoms with Gasteiger partial charge < -0.3 is 20.3 Å². The lowest BCUT2D eigenvalue weighted by Gasteiger charge is -2.35. The van der Waals surface area contributed by atoms with Crippen molar-refractivity contribution in [2.75, 3.05) is 45.2 Å². The molecule has 2 N–H and O–H groups in total. The van der Waals surface area contributed by atoms with E-state index in [1.54, 1.807) is 7.11 Å². The number of benzene rings is 1. The van der Waals surface area contributed by atoms with Crippen LogP contribution < -0.4 is 15.5 Å². The van der Waals surface area contributed by atoms with Crippen molar-refractivity contribution in [1.82, 2.24) is 10.6 Å².